The van der Waals surface area contributed by atoms with Crippen molar-refractivity contribution in [1.82, 2.24) is 4.98 Å². The van der Waals surface area contributed by atoms with Gasteiger partial charge in [-0.3, -0.25) is 0 Å². The maximum atomic E-state index is 13.7. The predicted octanol–water partition coefficient (Wildman–Crippen LogP) is 2.85. The van der Waals surface area contributed by atoms with E-state index in [1.165, 1.54) is 24.4 Å². The van der Waals surface area contributed by atoms with Crippen LogP contribution in [0.5, 0.6) is 5.88 Å². The van der Waals surface area contributed by atoms with Crippen LogP contribution in [0.4, 0.5) is 4.39 Å². The molecule has 112 valence electrons. The fourth-order valence-electron chi connectivity index (χ4n) is 1.75. The molecule has 0 bridgehead atoms. The van der Waals surface area contributed by atoms with Gasteiger partial charge in [0.1, 0.15) is 18.0 Å². The molecule has 0 aliphatic carbocycles. The summed E-state index contributed by atoms with van der Waals surface area (Å²) >= 11 is 0. The zero-order chi connectivity index (χ0) is 15.9. The van der Waals surface area contributed by atoms with Crippen molar-refractivity contribution in [2.45, 2.75) is 13.5 Å². The van der Waals surface area contributed by atoms with Crippen LogP contribution >= 0.6 is 0 Å². The summed E-state index contributed by atoms with van der Waals surface area (Å²) in [6.45, 7) is 1.90. The first-order valence-corrected chi connectivity index (χ1v) is 6.59. The van der Waals surface area contributed by atoms with Crippen molar-refractivity contribution in [1.29, 1.82) is 5.26 Å². The van der Waals surface area contributed by atoms with E-state index < -0.39 is 11.8 Å². The van der Waals surface area contributed by atoms with Crippen LogP contribution in [0.1, 0.15) is 28.4 Å². The number of hydrogen-bond acceptors (Lipinski definition) is 5. The Labute approximate surface area is 126 Å². The first-order valence-electron chi connectivity index (χ1n) is 6.59. The molecule has 22 heavy (non-hydrogen) atoms. The maximum Gasteiger partial charge on any atom is 0.343 e. The van der Waals surface area contributed by atoms with Gasteiger partial charge < -0.3 is 9.47 Å². The van der Waals surface area contributed by atoms with E-state index in [9.17, 15) is 9.18 Å². The van der Waals surface area contributed by atoms with Gasteiger partial charge in [-0.2, -0.15) is 5.26 Å². The van der Waals surface area contributed by atoms with Crippen LogP contribution in [0.3, 0.4) is 0 Å². The van der Waals surface area contributed by atoms with Crippen molar-refractivity contribution in [3.63, 3.8) is 0 Å². The fraction of sp³-hybridized carbons (Fsp3) is 0.188. The Morgan fingerprint density at radius 3 is 2.91 bits per heavy atom. The summed E-state index contributed by atoms with van der Waals surface area (Å²) < 4.78 is 24.0. The van der Waals surface area contributed by atoms with Gasteiger partial charge >= 0.3 is 5.97 Å². The second-order valence-electron chi connectivity index (χ2n) is 4.28. The third-order valence-corrected chi connectivity index (χ3v) is 2.81. The van der Waals surface area contributed by atoms with Gasteiger partial charge in [0.2, 0.25) is 5.88 Å². The Morgan fingerprint density at radius 2 is 2.23 bits per heavy atom. The number of ether oxygens (including phenoxy) is 2. The van der Waals surface area contributed by atoms with E-state index >= 15 is 0 Å². The first-order chi connectivity index (χ1) is 10.7. The predicted molar refractivity (Wildman–Crippen MR) is 75.6 cm³/mol. The average molecular weight is 300 g/mol. The Kier molecular flexibility index (Phi) is 5.04. The maximum absolute atomic E-state index is 13.7. The van der Waals surface area contributed by atoms with E-state index in [4.69, 9.17) is 14.7 Å². The van der Waals surface area contributed by atoms with E-state index in [0.29, 0.717) is 6.61 Å². The zero-order valence-corrected chi connectivity index (χ0v) is 11.9. The van der Waals surface area contributed by atoms with Gasteiger partial charge in [0.25, 0.3) is 0 Å². The lowest BCUT2D eigenvalue weighted by molar-refractivity contribution is 0.0463. The number of hydrogen-bond donors (Lipinski definition) is 0. The van der Waals surface area contributed by atoms with E-state index in [-0.39, 0.29) is 29.2 Å². The highest BCUT2D eigenvalue weighted by Crippen LogP contribution is 2.17. The molecule has 0 atom stereocenters. The zero-order valence-electron chi connectivity index (χ0n) is 11.9. The van der Waals surface area contributed by atoms with Crippen molar-refractivity contribution >= 4 is 5.97 Å². The topological polar surface area (TPSA) is 72.2 Å². The molecule has 0 aliphatic rings. The SMILES string of the molecule is CCOc1ncccc1C(=O)OCc1ccc(C#N)cc1F. The van der Waals surface area contributed by atoms with Gasteiger partial charge in [-0.25, -0.2) is 14.2 Å². The quantitative estimate of drug-likeness (QED) is 0.794. The number of carbonyl (C=O) groups excluding carboxylic acids is 1. The van der Waals surface area contributed by atoms with Crippen molar-refractivity contribution in [3.05, 3.63) is 59.0 Å². The van der Waals surface area contributed by atoms with E-state index in [1.807, 2.05) is 6.07 Å². The Bertz CT molecular complexity index is 726. The number of pyridine rings is 1. The molecule has 0 saturated carbocycles. The lowest BCUT2D eigenvalue weighted by Crippen LogP contribution is -2.09. The van der Waals surface area contributed by atoms with Gasteiger partial charge in [0, 0.05) is 11.8 Å². The largest absolute Gasteiger partial charge is 0.477 e. The van der Waals surface area contributed by atoms with Crippen LogP contribution in [0.15, 0.2) is 36.5 Å². The minimum Gasteiger partial charge on any atom is -0.477 e. The highest BCUT2D eigenvalue weighted by molar-refractivity contribution is 5.91. The number of rotatable bonds is 5. The lowest BCUT2D eigenvalue weighted by Gasteiger charge is -2.09. The van der Waals surface area contributed by atoms with Gasteiger partial charge in [-0.1, -0.05) is 6.07 Å². The molecule has 0 aliphatic heterocycles. The minimum atomic E-state index is -0.652. The standard InChI is InChI=1S/C16H13FN2O3/c1-2-21-15-13(4-3-7-19-15)16(20)22-10-12-6-5-11(9-18)8-14(12)17/h3-8H,2,10H2,1H3. The highest BCUT2D eigenvalue weighted by Gasteiger charge is 2.15. The van der Waals surface area contributed by atoms with Crippen molar-refractivity contribution < 1.29 is 18.7 Å². The summed E-state index contributed by atoms with van der Waals surface area (Å²) in [7, 11) is 0. The average Bonchev–Trinajstić information content (AvgIpc) is 2.54. The molecule has 0 unspecified atom stereocenters. The van der Waals surface area contributed by atoms with Crippen LogP contribution < -0.4 is 4.74 Å². The Balaban J connectivity index is 2.09. The summed E-state index contributed by atoms with van der Waals surface area (Å²) in [5, 5.41) is 8.68. The number of aromatic nitrogens is 1. The van der Waals surface area contributed by atoms with Gasteiger partial charge in [-0.15, -0.1) is 0 Å². The number of esters is 1. The van der Waals surface area contributed by atoms with Crippen molar-refractivity contribution in [3.8, 4) is 11.9 Å². The molecule has 0 fully saturated rings. The molecule has 1 heterocycles. The fourth-order valence-corrected chi connectivity index (χ4v) is 1.75. The van der Waals surface area contributed by atoms with Crippen LogP contribution in [0.2, 0.25) is 0 Å². The number of halogens is 1. The molecule has 2 rings (SSSR count). The molecule has 1 aromatic heterocycles. The normalized spacial score (nSPS) is 9.86. The molecule has 2 aromatic rings. The summed E-state index contributed by atoms with van der Waals surface area (Å²) in [6.07, 6.45) is 1.50. The Hall–Kier alpha value is -2.94. The Morgan fingerprint density at radius 1 is 1.41 bits per heavy atom. The molecule has 0 amide bonds. The van der Waals surface area contributed by atoms with E-state index in [2.05, 4.69) is 4.98 Å². The second kappa shape index (κ2) is 7.18. The van der Waals surface area contributed by atoms with Gasteiger partial charge in [-0.05, 0) is 31.2 Å². The highest BCUT2D eigenvalue weighted by atomic mass is 19.1. The number of benzene rings is 1. The smallest absolute Gasteiger partial charge is 0.343 e. The summed E-state index contributed by atoms with van der Waals surface area (Å²) in [4.78, 5) is 16.0. The van der Waals surface area contributed by atoms with Crippen molar-refractivity contribution in [2.75, 3.05) is 6.61 Å². The summed E-state index contributed by atoms with van der Waals surface area (Å²) in [6, 6.07) is 8.91. The number of nitrogens with zero attached hydrogens (tertiary/aromatic N) is 2. The van der Waals surface area contributed by atoms with Crippen LogP contribution in [0, 0.1) is 17.1 Å². The molecule has 0 radical (unpaired) electrons. The molecular weight excluding hydrogens is 287 g/mol. The summed E-state index contributed by atoms with van der Waals surface area (Å²) in [5.41, 5.74) is 0.575. The number of nitriles is 1. The van der Waals surface area contributed by atoms with Gasteiger partial charge in [0.15, 0.2) is 0 Å². The van der Waals surface area contributed by atoms with Crippen LogP contribution in [0.25, 0.3) is 0 Å². The third kappa shape index (κ3) is 3.58. The molecule has 0 N–H and O–H groups in total. The second-order valence-corrected chi connectivity index (χ2v) is 4.28. The van der Waals surface area contributed by atoms with Gasteiger partial charge in [0.05, 0.1) is 18.2 Å². The third-order valence-electron chi connectivity index (χ3n) is 2.81. The molecule has 6 heteroatoms. The monoisotopic (exact) mass is 300 g/mol. The van der Waals surface area contributed by atoms with E-state index in [0.717, 1.165) is 6.07 Å². The molecular formula is C16H13FN2O3. The van der Waals surface area contributed by atoms with E-state index in [1.54, 1.807) is 13.0 Å². The molecule has 1 aromatic carbocycles. The summed E-state index contributed by atoms with van der Waals surface area (Å²) in [5.74, 6) is -1.07. The van der Waals surface area contributed by atoms with Crippen LogP contribution in [-0.4, -0.2) is 17.6 Å². The molecule has 0 saturated heterocycles. The van der Waals surface area contributed by atoms with Crippen molar-refractivity contribution in [2.24, 2.45) is 0 Å². The minimum absolute atomic E-state index is 0.176. The molecule has 5 nitrogen and oxygen atoms in total. The van der Waals surface area contributed by atoms with Crippen LogP contribution in [-0.2, 0) is 11.3 Å². The number of carbonyl (C=O) groups is 1. The molecule has 0 spiro atoms. The lowest BCUT2D eigenvalue weighted by atomic mass is 10.1. The first kappa shape index (κ1) is 15.4.